The Morgan fingerprint density at radius 1 is 1.35 bits per heavy atom. The molecule has 82 valence electrons. The molecule has 2 aromatic heterocycles. The van der Waals surface area contributed by atoms with Crippen molar-refractivity contribution in [1.29, 1.82) is 5.26 Å². The molecule has 17 heavy (non-hydrogen) atoms. The van der Waals surface area contributed by atoms with E-state index in [1.807, 2.05) is 36.5 Å². The largest absolute Gasteiger partial charge is 0.360 e. The lowest BCUT2D eigenvalue weighted by molar-refractivity contribution is 1.39. The van der Waals surface area contributed by atoms with Crippen LogP contribution in [0, 0.1) is 11.3 Å². The van der Waals surface area contributed by atoms with E-state index < -0.39 is 0 Å². The van der Waals surface area contributed by atoms with Gasteiger partial charge in [0.1, 0.15) is 16.0 Å². The van der Waals surface area contributed by atoms with E-state index in [1.165, 1.54) is 11.3 Å². The van der Waals surface area contributed by atoms with Crippen molar-refractivity contribution in [2.75, 3.05) is 0 Å². The van der Waals surface area contributed by atoms with Gasteiger partial charge in [-0.25, -0.2) is 4.98 Å². The monoisotopic (exact) mass is 259 g/mol. The third-order valence-electron chi connectivity index (χ3n) is 2.51. The second kappa shape index (κ2) is 3.88. The summed E-state index contributed by atoms with van der Waals surface area (Å²) in [4.78, 5) is 7.84. The van der Waals surface area contributed by atoms with Gasteiger partial charge in [0.25, 0.3) is 0 Å². The maximum Gasteiger partial charge on any atom is 0.158 e. The van der Waals surface area contributed by atoms with Crippen molar-refractivity contribution >= 4 is 33.8 Å². The molecule has 0 atom stereocenters. The van der Waals surface area contributed by atoms with Gasteiger partial charge >= 0.3 is 0 Å². The highest BCUT2D eigenvalue weighted by molar-refractivity contribution is 7.16. The molecule has 5 heteroatoms. The molecule has 3 aromatic rings. The van der Waals surface area contributed by atoms with E-state index in [1.54, 1.807) is 0 Å². The quantitative estimate of drug-likeness (QED) is 0.722. The number of aromatic amines is 1. The van der Waals surface area contributed by atoms with Gasteiger partial charge in [0.05, 0.1) is 0 Å². The summed E-state index contributed by atoms with van der Waals surface area (Å²) in [6.45, 7) is 0. The van der Waals surface area contributed by atoms with Crippen LogP contribution < -0.4 is 0 Å². The number of aromatic nitrogens is 2. The first-order valence-corrected chi connectivity index (χ1v) is 6.12. The lowest BCUT2D eigenvalue weighted by Crippen LogP contribution is -1.72. The van der Waals surface area contributed by atoms with Crippen molar-refractivity contribution in [3.05, 3.63) is 40.5 Å². The molecule has 0 unspecified atom stereocenters. The van der Waals surface area contributed by atoms with Crippen LogP contribution in [0.2, 0.25) is 5.15 Å². The second-order valence-electron chi connectivity index (χ2n) is 3.50. The van der Waals surface area contributed by atoms with E-state index in [2.05, 4.69) is 9.97 Å². The van der Waals surface area contributed by atoms with E-state index in [9.17, 15) is 0 Å². The van der Waals surface area contributed by atoms with Crippen LogP contribution in [0.5, 0.6) is 0 Å². The normalized spacial score (nSPS) is 10.6. The smallest absolute Gasteiger partial charge is 0.158 e. The molecule has 0 aliphatic carbocycles. The molecular weight excluding hydrogens is 254 g/mol. The minimum absolute atomic E-state index is 0.276. The zero-order valence-corrected chi connectivity index (χ0v) is 10.1. The highest BCUT2D eigenvalue weighted by Crippen LogP contribution is 2.34. The Hall–Kier alpha value is -1.83. The summed E-state index contributed by atoms with van der Waals surface area (Å²) >= 11 is 7.19. The van der Waals surface area contributed by atoms with E-state index in [0.717, 1.165) is 21.5 Å². The Balaban J connectivity index is 2.24. The number of nitrogens with one attached hydrogen (secondary N) is 1. The summed E-state index contributed by atoms with van der Waals surface area (Å²) in [6, 6.07) is 10.00. The van der Waals surface area contributed by atoms with Crippen LogP contribution in [0.15, 0.2) is 30.5 Å². The lowest BCUT2D eigenvalue weighted by Gasteiger charge is -1.92. The molecule has 0 saturated carbocycles. The van der Waals surface area contributed by atoms with E-state index >= 15 is 0 Å². The molecule has 0 amide bonds. The van der Waals surface area contributed by atoms with Crippen molar-refractivity contribution in [3.8, 4) is 16.6 Å². The number of para-hydroxylation sites is 1. The number of fused-ring (bicyclic) bond motifs is 1. The minimum Gasteiger partial charge on any atom is -0.360 e. The van der Waals surface area contributed by atoms with Gasteiger partial charge in [-0.1, -0.05) is 29.8 Å². The number of rotatable bonds is 1. The van der Waals surface area contributed by atoms with Gasteiger partial charge in [-0.05, 0) is 6.07 Å². The molecule has 0 saturated heterocycles. The summed E-state index contributed by atoms with van der Waals surface area (Å²) < 4.78 is 0. The third kappa shape index (κ3) is 1.60. The Kier molecular flexibility index (Phi) is 2.36. The molecule has 2 heterocycles. The first kappa shape index (κ1) is 10.3. The fourth-order valence-electron chi connectivity index (χ4n) is 1.73. The number of thiazole rings is 1. The van der Waals surface area contributed by atoms with E-state index in [-0.39, 0.29) is 5.15 Å². The van der Waals surface area contributed by atoms with Crippen LogP contribution in [0.4, 0.5) is 0 Å². The molecule has 1 N–H and O–H groups in total. The summed E-state index contributed by atoms with van der Waals surface area (Å²) in [6.07, 6.45) is 1.89. The molecule has 0 bridgehead atoms. The van der Waals surface area contributed by atoms with Crippen molar-refractivity contribution in [2.24, 2.45) is 0 Å². The number of hydrogen-bond donors (Lipinski definition) is 1. The average molecular weight is 260 g/mol. The van der Waals surface area contributed by atoms with Crippen LogP contribution in [-0.4, -0.2) is 9.97 Å². The molecule has 0 spiro atoms. The van der Waals surface area contributed by atoms with Crippen molar-refractivity contribution in [3.63, 3.8) is 0 Å². The second-order valence-corrected chi connectivity index (χ2v) is 4.86. The van der Waals surface area contributed by atoms with Crippen LogP contribution in [0.1, 0.15) is 4.88 Å². The van der Waals surface area contributed by atoms with Crippen LogP contribution in [0.25, 0.3) is 21.5 Å². The van der Waals surface area contributed by atoms with Crippen LogP contribution in [-0.2, 0) is 0 Å². The molecule has 0 radical (unpaired) electrons. The molecule has 0 aliphatic rings. The SMILES string of the molecule is N#Cc1sc(-c2c[nH]c3ccccc23)nc1Cl. The summed E-state index contributed by atoms with van der Waals surface area (Å²) in [5, 5.41) is 11.0. The number of benzene rings is 1. The number of nitriles is 1. The Morgan fingerprint density at radius 2 is 2.18 bits per heavy atom. The highest BCUT2D eigenvalue weighted by Gasteiger charge is 2.13. The van der Waals surface area contributed by atoms with Gasteiger partial charge in [0, 0.05) is 22.7 Å². The molecular formula is C12H6ClN3S. The van der Waals surface area contributed by atoms with Gasteiger partial charge < -0.3 is 4.98 Å². The predicted molar refractivity (Wildman–Crippen MR) is 69.1 cm³/mol. The zero-order chi connectivity index (χ0) is 11.8. The van der Waals surface area contributed by atoms with Gasteiger partial charge in [-0.15, -0.1) is 11.3 Å². The Morgan fingerprint density at radius 3 is 2.94 bits per heavy atom. The van der Waals surface area contributed by atoms with Crippen LogP contribution in [0.3, 0.4) is 0 Å². The van der Waals surface area contributed by atoms with Crippen molar-refractivity contribution < 1.29 is 0 Å². The van der Waals surface area contributed by atoms with E-state index in [4.69, 9.17) is 16.9 Å². The number of hydrogen-bond acceptors (Lipinski definition) is 3. The van der Waals surface area contributed by atoms with Gasteiger partial charge in [-0.2, -0.15) is 5.26 Å². The van der Waals surface area contributed by atoms with Crippen LogP contribution >= 0.6 is 22.9 Å². The zero-order valence-electron chi connectivity index (χ0n) is 8.57. The Labute approximate surface area is 106 Å². The summed E-state index contributed by atoms with van der Waals surface area (Å²) in [7, 11) is 0. The van der Waals surface area contributed by atoms with Gasteiger partial charge in [0.15, 0.2) is 5.15 Å². The fraction of sp³-hybridized carbons (Fsp3) is 0. The maximum atomic E-state index is 8.87. The predicted octanol–water partition coefficient (Wildman–Crippen LogP) is 3.82. The number of H-pyrrole nitrogens is 1. The summed E-state index contributed by atoms with van der Waals surface area (Å²) in [5.74, 6) is 0. The highest BCUT2D eigenvalue weighted by atomic mass is 35.5. The van der Waals surface area contributed by atoms with Crippen molar-refractivity contribution in [1.82, 2.24) is 9.97 Å². The standard InChI is InChI=1S/C12H6ClN3S/c13-11-10(5-14)17-12(16-11)8-6-15-9-4-2-1-3-7(8)9/h1-4,6,15H. The lowest BCUT2D eigenvalue weighted by atomic mass is 10.2. The number of halogens is 1. The van der Waals surface area contributed by atoms with Crippen molar-refractivity contribution in [2.45, 2.75) is 0 Å². The average Bonchev–Trinajstić information content (AvgIpc) is 2.92. The number of nitrogens with zero attached hydrogens (tertiary/aromatic N) is 2. The Bertz CT molecular complexity index is 736. The maximum absolute atomic E-state index is 8.87. The van der Waals surface area contributed by atoms with Gasteiger partial charge in [0.2, 0.25) is 0 Å². The molecule has 3 rings (SSSR count). The summed E-state index contributed by atoms with van der Waals surface area (Å²) in [5.41, 5.74) is 2.03. The van der Waals surface area contributed by atoms with E-state index in [0.29, 0.717) is 4.88 Å². The molecule has 1 aromatic carbocycles. The first-order valence-electron chi connectivity index (χ1n) is 4.92. The molecule has 3 nitrogen and oxygen atoms in total. The first-order chi connectivity index (χ1) is 8.29. The molecule has 0 fully saturated rings. The topological polar surface area (TPSA) is 52.5 Å². The minimum atomic E-state index is 0.276. The molecule has 0 aliphatic heterocycles. The van der Waals surface area contributed by atoms with Gasteiger partial charge in [-0.3, -0.25) is 0 Å². The fourth-order valence-corrected chi connectivity index (χ4v) is 2.81. The third-order valence-corrected chi connectivity index (χ3v) is 3.89.